The van der Waals surface area contributed by atoms with E-state index in [0.717, 1.165) is 25.0 Å². The Balaban J connectivity index is 1.48. The number of ether oxygens (including phenoxy) is 2. The molecule has 1 atom stereocenters. The highest BCUT2D eigenvalue weighted by atomic mass is 32.1. The summed E-state index contributed by atoms with van der Waals surface area (Å²) in [6.07, 6.45) is -0.866. The quantitative estimate of drug-likeness (QED) is 0.437. The number of thiazole rings is 1. The zero-order chi connectivity index (χ0) is 26.3. The van der Waals surface area contributed by atoms with Gasteiger partial charge in [0.25, 0.3) is 11.8 Å². The molecule has 1 saturated heterocycles. The third-order valence-electron chi connectivity index (χ3n) is 5.83. The maximum Gasteiger partial charge on any atom is 0.410 e. The molecule has 1 aliphatic rings. The largest absolute Gasteiger partial charge is 0.488 e. The molecule has 36 heavy (non-hydrogen) atoms. The number of nitrogens with zero attached hydrogens (tertiary/aromatic N) is 2. The molecule has 1 unspecified atom stereocenters. The van der Waals surface area contributed by atoms with Gasteiger partial charge in [0.1, 0.15) is 18.0 Å². The number of fused-ring (bicyclic) bond motifs is 1. The van der Waals surface area contributed by atoms with Crippen molar-refractivity contribution >= 4 is 44.8 Å². The first-order valence-electron chi connectivity index (χ1n) is 11.6. The van der Waals surface area contributed by atoms with E-state index in [1.807, 2.05) is 19.1 Å². The third kappa shape index (κ3) is 5.78. The van der Waals surface area contributed by atoms with Gasteiger partial charge in [-0.2, -0.15) is 0 Å². The summed E-state index contributed by atoms with van der Waals surface area (Å²) in [6, 6.07) is 4.07. The molecular weight excluding hydrogens is 508 g/mol. The van der Waals surface area contributed by atoms with E-state index in [2.05, 4.69) is 10.3 Å². The van der Waals surface area contributed by atoms with Gasteiger partial charge in [-0.25, -0.2) is 18.6 Å². The highest BCUT2D eigenvalue weighted by molar-refractivity contribution is 7.19. The first-order chi connectivity index (χ1) is 16.8. The number of carbonyl (C=O) groups is 2. The normalized spacial score (nSPS) is 17.8. The van der Waals surface area contributed by atoms with E-state index >= 15 is 0 Å². The average Bonchev–Trinajstić information content (AvgIpc) is 3.33. The van der Waals surface area contributed by atoms with Crippen molar-refractivity contribution in [3.8, 4) is 5.75 Å². The van der Waals surface area contributed by atoms with Gasteiger partial charge in [0.15, 0.2) is 0 Å². The lowest BCUT2D eigenvalue weighted by Gasteiger charge is -2.39. The Kier molecular flexibility index (Phi) is 7.25. The molecule has 1 aliphatic heterocycles. The van der Waals surface area contributed by atoms with Crippen molar-refractivity contribution in [2.45, 2.75) is 65.2 Å². The standard InChI is InChI=1S/C25H29F2N3O4S2/c1-14-19(35-13-28-14)11-33-16-6-7-18-17(10-16)21(15(2)36-18)22(31)29-20-8-9-30(12-25(20,26)27)23(32)34-24(3,4)5/h6-7,10,13,20H,8-9,11-12H2,1-5H3,(H,29,31). The number of hydrogen-bond acceptors (Lipinski definition) is 7. The zero-order valence-corrected chi connectivity index (χ0v) is 22.4. The summed E-state index contributed by atoms with van der Waals surface area (Å²) in [4.78, 5) is 32.4. The molecule has 0 saturated carbocycles. The molecule has 1 N–H and O–H groups in total. The first kappa shape index (κ1) is 26.3. The number of halogens is 2. The fraction of sp³-hybridized carbons (Fsp3) is 0.480. The Hall–Kier alpha value is -2.79. The average molecular weight is 538 g/mol. The smallest absolute Gasteiger partial charge is 0.410 e. The molecule has 0 bridgehead atoms. The Bertz CT molecular complexity index is 1280. The van der Waals surface area contributed by atoms with E-state index in [-0.39, 0.29) is 13.0 Å². The van der Waals surface area contributed by atoms with E-state index in [9.17, 15) is 18.4 Å². The molecule has 1 aromatic carbocycles. The van der Waals surface area contributed by atoms with Crippen molar-refractivity contribution in [1.82, 2.24) is 15.2 Å². The molecule has 2 aromatic heterocycles. The minimum Gasteiger partial charge on any atom is -0.488 e. The van der Waals surface area contributed by atoms with Crippen LogP contribution in [0.5, 0.6) is 5.75 Å². The number of nitrogens with one attached hydrogen (secondary N) is 1. The Morgan fingerprint density at radius 2 is 2.03 bits per heavy atom. The second kappa shape index (κ2) is 9.93. The van der Waals surface area contributed by atoms with Crippen LogP contribution in [0.25, 0.3) is 10.1 Å². The molecular formula is C25H29F2N3O4S2. The molecule has 2 amide bonds. The van der Waals surface area contributed by atoms with Crippen molar-refractivity contribution < 1.29 is 27.8 Å². The zero-order valence-electron chi connectivity index (χ0n) is 20.8. The van der Waals surface area contributed by atoms with Crippen molar-refractivity contribution in [2.75, 3.05) is 13.1 Å². The summed E-state index contributed by atoms with van der Waals surface area (Å²) in [5, 5.41) is 3.18. The molecule has 0 spiro atoms. The fourth-order valence-corrected chi connectivity index (χ4v) is 5.74. The number of piperidine rings is 1. The second-order valence-corrected chi connectivity index (χ2v) is 12.0. The van der Waals surface area contributed by atoms with Gasteiger partial charge in [-0.3, -0.25) is 4.79 Å². The number of rotatable bonds is 5. The molecule has 11 heteroatoms. The maximum atomic E-state index is 15.0. The Morgan fingerprint density at radius 3 is 2.67 bits per heavy atom. The van der Waals surface area contributed by atoms with Crippen LogP contribution >= 0.6 is 22.7 Å². The molecule has 194 valence electrons. The van der Waals surface area contributed by atoms with Gasteiger partial charge in [0.05, 0.1) is 34.2 Å². The molecule has 4 rings (SSSR count). The van der Waals surface area contributed by atoms with Crippen LogP contribution < -0.4 is 10.1 Å². The topological polar surface area (TPSA) is 80.8 Å². The van der Waals surface area contributed by atoms with Crippen molar-refractivity contribution in [3.05, 3.63) is 44.7 Å². The van der Waals surface area contributed by atoms with Gasteiger partial charge in [0.2, 0.25) is 0 Å². The first-order valence-corrected chi connectivity index (χ1v) is 13.3. The van der Waals surface area contributed by atoms with E-state index < -0.39 is 36.1 Å². The summed E-state index contributed by atoms with van der Waals surface area (Å²) in [5.74, 6) is -3.28. The van der Waals surface area contributed by atoms with Gasteiger partial charge in [-0.05, 0) is 59.2 Å². The summed E-state index contributed by atoms with van der Waals surface area (Å²) < 4.78 is 41.9. The van der Waals surface area contributed by atoms with Crippen molar-refractivity contribution in [3.63, 3.8) is 0 Å². The van der Waals surface area contributed by atoms with Gasteiger partial charge < -0.3 is 19.7 Å². The van der Waals surface area contributed by atoms with Crippen LogP contribution in [0.1, 0.15) is 53.0 Å². The summed E-state index contributed by atoms with van der Waals surface area (Å²) in [6.45, 7) is 8.36. The number of carbonyl (C=O) groups excluding carboxylic acids is 2. The van der Waals surface area contributed by atoms with Gasteiger partial charge in [-0.1, -0.05) is 0 Å². The fourth-order valence-electron chi connectivity index (χ4n) is 4.02. The number of benzene rings is 1. The third-order valence-corrected chi connectivity index (χ3v) is 7.83. The summed E-state index contributed by atoms with van der Waals surface area (Å²) in [5.41, 5.74) is 2.25. The lowest BCUT2D eigenvalue weighted by atomic mass is 10.00. The SMILES string of the molecule is Cc1ncsc1COc1ccc2sc(C)c(C(=O)NC3CCN(C(=O)OC(C)(C)C)CC3(F)F)c2c1. The molecule has 0 radical (unpaired) electrons. The van der Waals surface area contributed by atoms with E-state index in [4.69, 9.17) is 9.47 Å². The predicted molar refractivity (Wildman–Crippen MR) is 136 cm³/mol. The minimum atomic E-state index is -3.30. The number of alkyl halides is 2. The number of aromatic nitrogens is 1. The van der Waals surface area contributed by atoms with Crippen LogP contribution in [0.2, 0.25) is 0 Å². The number of amides is 2. The van der Waals surface area contributed by atoms with Crippen molar-refractivity contribution in [2.24, 2.45) is 0 Å². The highest BCUT2D eigenvalue weighted by Crippen LogP contribution is 2.35. The van der Waals surface area contributed by atoms with E-state index in [1.165, 1.54) is 22.7 Å². The number of hydrogen-bond donors (Lipinski definition) is 1. The van der Waals surface area contributed by atoms with Gasteiger partial charge >= 0.3 is 6.09 Å². The minimum absolute atomic E-state index is 0.0633. The molecule has 0 aliphatic carbocycles. The maximum absolute atomic E-state index is 15.0. The van der Waals surface area contributed by atoms with Gasteiger partial charge in [-0.15, -0.1) is 22.7 Å². The van der Waals surface area contributed by atoms with Gasteiger partial charge in [0, 0.05) is 21.5 Å². The lowest BCUT2D eigenvalue weighted by molar-refractivity contribution is -0.0889. The van der Waals surface area contributed by atoms with Crippen LogP contribution in [0.15, 0.2) is 23.7 Å². The van der Waals surface area contributed by atoms with Crippen molar-refractivity contribution in [1.29, 1.82) is 0 Å². The number of likely N-dealkylation sites (tertiary alicyclic amines) is 1. The van der Waals surface area contributed by atoms with E-state index in [1.54, 1.807) is 39.3 Å². The van der Waals surface area contributed by atoms with Crippen LogP contribution in [-0.4, -0.2) is 52.5 Å². The highest BCUT2D eigenvalue weighted by Gasteiger charge is 2.47. The van der Waals surface area contributed by atoms with Crippen LogP contribution in [0, 0.1) is 13.8 Å². The number of thiophene rings is 1. The summed E-state index contributed by atoms with van der Waals surface area (Å²) >= 11 is 2.93. The van der Waals surface area contributed by atoms with Crippen LogP contribution in [0.4, 0.5) is 13.6 Å². The molecule has 3 aromatic rings. The van der Waals surface area contributed by atoms with Crippen LogP contribution in [-0.2, 0) is 11.3 Å². The van der Waals surface area contributed by atoms with E-state index in [0.29, 0.717) is 23.3 Å². The molecule has 3 heterocycles. The molecule has 1 fully saturated rings. The predicted octanol–water partition coefficient (Wildman–Crippen LogP) is 5.93. The number of aryl methyl sites for hydroxylation is 2. The molecule has 7 nitrogen and oxygen atoms in total. The second-order valence-electron chi connectivity index (χ2n) is 9.82. The monoisotopic (exact) mass is 537 g/mol. The Labute approximate surface area is 216 Å². The Morgan fingerprint density at radius 1 is 1.28 bits per heavy atom. The van der Waals surface area contributed by atoms with Crippen LogP contribution in [0.3, 0.4) is 0 Å². The lowest BCUT2D eigenvalue weighted by Crippen LogP contribution is -2.59. The summed E-state index contributed by atoms with van der Waals surface area (Å²) in [7, 11) is 0.